The Hall–Kier alpha value is -0.780. The molecule has 0 unspecified atom stereocenters. The summed E-state index contributed by atoms with van der Waals surface area (Å²) in [5.41, 5.74) is 0. The lowest BCUT2D eigenvalue weighted by molar-refractivity contribution is 0.779. The van der Waals surface area contributed by atoms with Gasteiger partial charge in [-0.25, -0.2) is 0 Å². The number of aromatic nitrogens is 2. The van der Waals surface area contributed by atoms with Crippen LogP contribution in [0.4, 0.5) is 0 Å². The molecular formula is C9H11N3S2. The van der Waals surface area contributed by atoms with Crippen LogP contribution in [0.25, 0.3) is 9.88 Å². The first-order valence-electron chi connectivity index (χ1n) is 4.41. The molecule has 14 heavy (non-hydrogen) atoms. The normalized spacial score (nSPS) is 10.6. The number of hydrogen-bond acceptors (Lipinski definition) is 5. The van der Waals surface area contributed by atoms with Gasteiger partial charge in [0.1, 0.15) is 5.01 Å². The molecule has 0 spiro atoms. The van der Waals surface area contributed by atoms with E-state index in [1.807, 2.05) is 13.1 Å². The van der Waals surface area contributed by atoms with Gasteiger partial charge in [0.2, 0.25) is 0 Å². The van der Waals surface area contributed by atoms with Crippen LogP contribution < -0.4 is 5.32 Å². The summed E-state index contributed by atoms with van der Waals surface area (Å²) in [7, 11) is 1.95. The quantitative estimate of drug-likeness (QED) is 0.865. The van der Waals surface area contributed by atoms with Crippen molar-refractivity contribution in [2.45, 2.75) is 6.42 Å². The van der Waals surface area contributed by atoms with E-state index in [9.17, 15) is 0 Å². The Balaban J connectivity index is 2.10. The molecule has 0 atom stereocenters. The van der Waals surface area contributed by atoms with Crippen molar-refractivity contribution in [1.82, 2.24) is 15.5 Å². The summed E-state index contributed by atoms with van der Waals surface area (Å²) in [6.07, 6.45) is 0.958. The SMILES string of the molecule is CNCCc1nnc(-c2cccs2)s1. The highest BCUT2D eigenvalue weighted by Gasteiger charge is 2.06. The molecule has 0 aromatic carbocycles. The summed E-state index contributed by atoms with van der Waals surface area (Å²) in [5.74, 6) is 0. The maximum absolute atomic E-state index is 4.16. The minimum absolute atomic E-state index is 0.957. The van der Waals surface area contributed by atoms with Crippen molar-refractivity contribution < 1.29 is 0 Å². The molecule has 74 valence electrons. The van der Waals surface area contributed by atoms with Gasteiger partial charge < -0.3 is 5.32 Å². The summed E-state index contributed by atoms with van der Waals surface area (Å²) in [6, 6.07) is 4.11. The van der Waals surface area contributed by atoms with Crippen molar-refractivity contribution in [2.24, 2.45) is 0 Å². The zero-order valence-corrected chi connectivity index (χ0v) is 9.49. The Bertz CT molecular complexity index is 380. The van der Waals surface area contributed by atoms with Crippen molar-refractivity contribution in [3.63, 3.8) is 0 Å². The maximum atomic E-state index is 4.16. The summed E-state index contributed by atoms with van der Waals surface area (Å²) in [6.45, 7) is 0.957. The number of nitrogens with one attached hydrogen (secondary N) is 1. The summed E-state index contributed by atoms with van der Waals surface area (Å²) in [5, 5.41) is 15.6. The third-order valence-electron chi connectivity index (χ3n) is 1.79. The van der Waals surface area contributed by atoms with Gasteiger partial charge in [-0.15, -0.1) is 21.5 Å². The van der Waals surface area contributed by atoms with E-state index in [2.05, 4.69) is 27.0 Å². The van der Waals surface area contributed by atoms with Crippen LogP contribution in [-0.2, 0) is 6.42 Å². The van der Waals surface area contributed by atoms with Crippen molar-refractivity contribution in [3.8, 4) is 9.88 Å². The molecule has 3 nitrogen and oxygen atoms in total. The van der Waals surface area contributed by atoms with Crippen LogP contribution in [0, 0.1) is 0 Å². The van der Waals surface area contributed by atoms with Gasteiger partial charge >= 0.3 is 0 Å². The standard InChI is InChI=1S/C9H11N3S2/c1-10-5-4-8-11-12-9(14-8)7-3-2-6-13-7/h2-3,6,10H,4-5H2,1H3. The van der Waals surface area contributed by atoms with Crippen molar-refractivity contribution in [3.05, 3.63) is 22.5 Å². The fourth-order valence-electron chi connectivity index (χ4n) is 1.09. The van der Waals surface area contributed by atoms with Gasteiger partial charge in [0.25, 0.3) is 0 Å². The fourth-order valence-corrected chi connectivity index (χ4v) is 2.72. The van der Waals surface area contributed by atoms with Gasteiger partial charge in [0.05, 0.1) is 4.88 Å². The minimum atomic E-state index is 0.957. The Morgan fingerprint density at radius 3 is 3.07 bits per heavy atom. The lowest BCUT2D eigenvalue weighted by atomic mass is 10.4. The second-order valence-corrected chi connectivity index (χ2v) is 4.84. The molecule has 0 saturated carbocycles. The van der Waals surface area contributed by atoms with Crippen LogP contribution in [-0.4, -0.2) is 23.8 Å². The highest BCUT2D eigenvalue weighted by atomic mass is 32.1. The van der Waals surface area contributed by atoms with Crippen molar-refractivity contribution in [1.29, 1.82) is 0 Å². The van der Waals surface area contributed by atoms with Crippen molar-refractivity contribution in [2.75, 3.05) is 13.6 Å². The van der Waals surface area contributed by atoms with E-state index in [4.69, 9.17) is 0 Å². The largest absolute Gasteiger partial charge is 0.319 e. The van der Waals surface area contributed by atoms with Gasteiger partial charge in [-0.1, -0.05) is 17.4 Å². The number of hydrogen-bond donors (Lipinski definition) is 1. The Morgan fingerprint density at radius 2 is 2.36 bits per heavy atom. The average molecular weight is 225 g/mol. The smallest absolute Gasteiger partial charge is 0.157 e. The van der Waals surface area contributed by atoms with Crippen LogP contribution in [0.15, 0.2) is 17.5 Å². The molecular weight excluding hydrogens is 214 g/mol. The van der Waals surface area contributed by atoms with E-state index in [1.54, 1.807) is 22.7 Å². The lowest BCUT2D eigenvalue weighted by Crippen LogP contribution is -2.09. The molecule has 0 amide bonds. The van der Waals surface area contributed by atoms with Crippen molar-refractivity contribution >= 4 is 22.7 Å². The van der Waals surface area contributed by atoms with Gasteiger partial charge in [0.15, 0.2) is 5.01 Å². The van der Waals surface area contributed by atoms with Gasteiger partial charge in [0, 0.05) is 13.0 Å². The number of thiophene rings is 1. The molecule has 1 N–H and O–H groups in total. The average Bonchev–Trinajstić information content (AvgIpc) is 2.85. The first-order valence-corrected chi connectivity index (χ1v) is 6.10. The van der Waals surface area contributed by atoms with E-state index in [0.29, 0.717) is 0 Å². The third-order valence-corrected chi connectivity index (χ3v) is 3.81. The number of rotatable bonds is 4. The van der Waals surface area contributed by atoms with E-state index < -0.39 is 0 Å². The Labute approximate surface area is 90.8 Å². The number of nitrogens with zero attached hydrogens (tertiary/aromatic N) is 2. The Morgan fingerprint density at radius 1 is 1.43 bits per heavy atom. The fraction of sp³-hybridized carbons (Fsp3) is 0.333. The highest BCUT2D eigenvalue weighted by Crippen LogP contribution is 2.27. The van der Waals surface area contributed by atoms with E-state index in [1.165, 1.54) is 4.88 Å². The molecule has 0 aliphatic heterocycles. The van der Waals surface area contributed by atoms with Crippen LogP contribution in [0.1, 0.15) is 5.01 Å². The molecule has 2 rings (SSSR count). The zero-order chi connectivity index (χ0) is 9.80. The molecule has 2 aromatic rings. The molecule has 0 bridgehead atoms. The van der Waals surface area contributed by atoms with Crippen LogP contribution >= 0.6 is 22.7 Å². The van der Waals surface area contributed by atoms with Gasteiger partial charge in [-0.05, 0) is 18.5 Å². The molecule has 5 heteroatoms. The van der Waals surface area contributed by atoms with E-state index in [0.717, 1.165) is 23.0 Å². The Kier molecular flexibility index (Phi) is 3.23. The lowest BCUT2D eigenvalue weighted by Gasteiger charge is -1.91. The molecule has 0 saturated heterocycles. The molecule has 2 heterocycles. The second-order valence-electron chi connectivity index (χ2n) is 2.83. The summed E-state index contributed by atoms with van der Waals surface area (Å²) >= 11 is 3.38. The van der Waals surface area contributed by atoms with Gasteiger partial charge in [-0.2, -0.15) is 0 Å². The second kappa shape index (κ2) is 4.63. The molecule has 2 aromatic heterocycles. The molecule has 0 aliphatic carbocycles. The predicted octanol–water partition coefficient (Wildman–Crippen LogP) is 2.03. The summed E-state index contributed by atoms with van der Waals surface area (Å²) < 4.78 is 0. The first-order chi connectivity index (χ1) is 6.90. The van der Waals surface area contributed by atoms with Crippen LogP contribution in [0.5, 0.6) is 0 Å². The number of likely N-dealkylation sites (N-methyl/N-ethyl adjacent to an activating group) is 1. The summed E-state index contributed by atoms with van der Waals surface area (Å²) in [4.78, 5) is 1.21. The maximum Gasteiger partial charge on any atom is 0.157 e. The predicted molar refractivity (Wildman–Crippen MR) is 60.9 cm³/mol. The van der Waals surface area contributed by atoms with Crippen LogP contribution in [0.3, 0.4) is 0 Å². The topological polar surface area (TPSA) is 37.8 Å². The third kappa shape index (κ3) is 2.17. The zero-order valence-electron chi connectivity index (χ0n) is 7.86. The molecule has 0 fully saturated rings. The van der Waals surface area contributed by atoms with E-state index >= 15 is 0 Å². The monoisotopic (exact) mass is 225 g/mol. The molecule has 0 aliphatic rings. The van der Waals surface area contributed by atoms with E-state index in [-0.39, 0.29) is 0 Å². The highest BCUT2D eigenvalue weighted by molar-refractivity contribution is 7.20. The molecule has 0 radical (unpaired) electrons. The minimum Gasteiger partial charge on any atom is -0.319 e. The van der Waals surface area contributed by atoms with Crippen LogP contribution in [0.2, 0.25) is 0 Å². The van der Waals surface area contributed by atoms with Gasteiger partial charge in [-0.3, -0.25) is 0 Å². The first kappa shape index (κ1) is 9.76.